The first kappa shape index (κ1) is 17.4. The molecule has 0 amide bonds. The molecule has 0 atom stereocenters. The zero-order valence-corrected chi connectivity index (χ0v) is 15.1. The van der Waals surface area contributed by atoms with Gasteiger partial charge in [-0.05, 0) is 28.1 Å². The van der Waals surface area contributed by atoms with Gasteiger partial charge in [0.1, 0.15) is 5.75 Å². The van der Waals surface area contributed by atoms with Gasteiger partial charge in [0.15, 0.2) is 11.5 Å². The largest absolute Gasteiger partial charge is 0.506 e. The molecule has 0 spiro atoms. The molecule has 2 aromatic carbocycles. The van der Waals surface area contributed by atoms with Gasteiger partial charge in [-0.2, -0.15) is 0 Å². The standard InChI is InChI=1S/C16H15BrClNO4/c1-21-13-6-11(7-14(22-2)16(13)23-3)19-8-9-4-10(18)5-12(17)15(9)20/h4-8,20H,1-3H3/b19-8+. The molecule has 0 aromatic heterocycles. The molecular weight excluding hydrogens is 386 g/mol. The van der Waals surface area contributed by atoms with E-state index < -0.39 is 0 Å². The van der Waals surface area contributed by atoms with Crippen LogP contribution in [0.15, 0.2) is 33.7 Å². The Morgan fingerprint density at radius 2 is 1.65 bits per heavy atom. The molecule has 7 heteroatoms. The van der Waals surface area contributed by atoms with E-state index in [0.29, 0.717) is 38.0 Å². The van der Waals surface area contributed by atoms with Crippen molar-refractivity contribution in [2.45, 2.75) is 0 Å². The lowest BCUT2D eigenvalue weighted by molar-refractivity contribution is 0.324. The van der Waals surface area contributed by atoms with Crippen LogP contribution in [0.25, 0.3) is 0 Å². The van der Waals surface area contributed by atoms with Crippen LogP contribution in [0, 0.1) is 0 Å². The van der Waals surface area contributed by atoms with Gasteiger partial charge >= 0.3 is 0 Å². The molecule has 0 saturated carbocycles. The van der Waals surface area contributed by atoms with Crippen molar-refractivity contribution in [1.29, 1.82) is 0 Å². The molecule has 1 N–H and O–H groups in total. The van der Waals surface area contributed by atoms with Gasteiger partial charge in [0.2, 0.25) is 5.75 Å². The van der Waals surface area contributed by atoms with Crippen molar-refractivity contribution in [3.8, 4) is 23.0 Å². The van der Waals surface area contributed by atoms with Crippen LogP contribution in [0.4, 0.5) is 5.69 Å². The molecular formula is C16H15BrClNO4. The highest BCUT2D eigenvalue weighted by atomic mass is 79.9. The summed E-state index contributed by atoms with van der Waals surface area (Å²) in [5.41, 5.74) is 1.06. The first-order valence-corrected chi connectivity index (χ1v) is 7.69. The number of aromatic hydroxyl groups is 1. The second kappa shape index (κ2) is 7.57. The van der Waals surface area contributed by atoms with Crippen LogP contribution >= 0.6 is 27.5 Å². The molecule has 0 unspecified atom stereocenters. The fourth-order valence-electron chi connectivity index (χ4n) is 1.97. The van der Waals surface area contributed by atoms with Gasteiger partial charge in [0.25, 0.3) is 0 Å². The van der Waals surface area contributed by atoms with E-state index >= 15 is 0 Å². The average Bonchev–Trinajstić information content (AvgIpc) is 2.55. The van der Waals surface area contributed by atoms with Crippen LogP contribution < -0.4 is 14.2 Å². The van der Waals surface area contributed by atoms with E-state index in [0.717, 1.165) is 0 Å². The Labute approximate surface area is 147 Å². The molecule has 0 aliphatic heterocycles. The second-order valence-electron chi connectivity index (χ2n) is 4.47. The van der Waals surface area contributed by atoms with E-state index in [-0.39, 0.29) is 5.75 Å². The number of benzene rings is 2. The van der Waals surface area contributed by atoms with Gasteiger partial charge < -0.3 is 19.3 Å². The Hall–Kier alpha value is -1.92. The van der Waals surface area contributed by atoms with Gasteiger partial charge in [-0.15, -0.1) is 0 Å². The summed E-state index contributed by atoms with van der Waals surface area (Å²) in [6, 6.07) is 6.62. The van der Waals surface area contributed by atoms with Gasteiger partial charge in [-0.25, -0.2) is 0 Å². The summed E-state index contributed by atoms with van der Waals surface area (Å²) in [7, 11) is 4.60. The Balaban J connectivity index is 2.44. The van der Waals surface area contributed by atoms with Gasteiger partial charge in [-0.1, -0.05) is 11.6 Å². The molecule has 0 radical (unpaired) electrons. The maximum Gasteiger partial charge on any atom is 0.203 e. The molecule has 0 heterocycles. The average molecular weight is 401 g/mol. The van der Waals surface area contributed by atoms with Crippen LogP contribution in [0.2, 0.25) is 5.02 Å². The molecule has 0 aliphatic rings. The van der Waals surface area contributed by atoms with Gasteiger partial charge in [0, 0.05) is 28.9 Å². The monoisotopic (exact) mass is 399 g/mol. The molecule has 5 nitrogen and oxygen atoms in total. The number of aliphatic imine (C=N–C) groups is 1. The summed E-state index contributed by atoms with van der Waals surface area (Å²) in [5.74, 6) is 1.54. The molecule has 0 aliphatic carbocycles. The minimum absolute atomic E-state index is 0.0607. The first-order chi connectivity index (χ1) is 11.0. The number of hydrogen-bond donors (Lipinski definition) is 1. The van der Waals surface area contributed by atoms with Crippen molar-refractivity contribution in [3.63, 3.8) is 0 Å². The first-order valence-electron chi connectivity index (χ1n) is 6.52. The zero-order valence-electron chi connectivity index (χ0n) is 12.8. The third kappa shape index (κ3) is 3.89. The maximum absolute atomic E-state index is 10.0. The number of ether oxygens (including phenoxy) is 3. The highest BCUT2D eigenvalue weighted by Gasteiger charge is 2.13. The van der Waals surface area contributed by atoms with E-state index in [9.17, 15) is 5.11 Å². The predicted molar refractivity (Wildman–Crippen MR) is 94.2 cm³/mol. The number of nitrogens with zero attached hydrogens (tertiary/aromatic N) is 1. The topological polar surface area (TPSA) is 60.3 Å². The van der Waals surface area contributed by atoms with Crippen LogP contribution in [-0.2, 0) is 0 Å². The molecule has 2 rings (SSSR count). The van der Waals surface area contributed by atoms with E-state index in [4.69, 9.17) is 25.8 Å². The quantitative estimate of drug-likeness (QED) is 0.746. The lowest BCUT2D eigenvalue weighted by Crippen LogP contribution is -1.94. The van der Waals surface area contributed by atoms with Crippen LogP contribution in [-0.4, -0.2) is 32.7 Å². The molecule has 0 fully saturated rings. The Bertz CT molecular complexity index is 724. The molecule has 0 bridgehead atoms. The molecule has 2 aromatic rings. The third-order valence-electron chi connectivity index (χ3n) is 3.06. The van der Waals surface area contributed by atoms with E-state index in [1.807, 2.05) is 0 Å². The molecule has 0 saturated heterocycles. The number of phenolic OH excluding ortho intramolecular Hbond substituents is 1. The number of halogens is 2. The Morgan fingerprint density at radius 3 is 2.17 bits per heavy atom. The predicted octanol–water partition coefficient (Wildman–Crippen LogP) is 4.58. The summed E-state index contributed by atoms with van der Waals surface area (Å²) in [4.78, 5) is 4.33. The van der Waals surface area contributed by atoms with Crippen LogP contribution in [0.1, 0.15) is 5.56 Å². The summed E-state index contributed by atoms with van der Waals surface area (Å²) in [5, 5.41) is 10.5. The number of hydrogen-bond acceptors (Lipinski definition) is 5. The summed E-state index contributed by atoms with van der Waals surface area (Å²) < 4.78 is 16.3. The lowest BCUT2D eigenvalue weighted by Gasteiger charge is -2.12. The number of methoxy groups -OCH3 is 3. The van der Waals surface area contributed by atoms with E-state index in [1.165, 1.54) is 27.5 Å². The minimum atomic E-state index is 0.0607. The van der Waals surface area contributed by atoms with E-state index in [1.54, 1.807) is 24.3 Å². The smallest absolute Gasteiger partial charge is 0.203 e. The third-order valence-corrected chi connectivity index (χ3v) is 3.88. The van der Waals surface area contributed by atoms with Crippen molar-refractivity contribution >= 4 is 39.4 Å². The number of rotatable bonds is 5. The molecule has 23 heavy (non-hydrogen) atoms. The van der Waals surface area contributed by atoms with Gasteiger partial charge in [-0.3, -0.25) is 4.99 Å². The summed E-state index contributed by atoms with van der Waals surface area (Å²) in [6.45, 7) is 0. The highest BCUT2D eigenvalue weighted by molar-refractivity contribution is 9.10. The fraction of sp³-hybridized carbons (Fsp3) is 0.188. The van der Waals surface area contributed by atoms with Crippen LogP contribution in [0.3, 0.4) is 0 Å². The highest BCUT2D eigenvalue weighted by Crippen LogP contribution is 2.41. The fourth-order valence-corrected chi connectivity index (χ4v) is 2.80. The second-order valence-corrected chi connectivity index (χ2v) is 5.76. The van der Waals surface area contributed by atoms with Crippen molar-refractivity contribution in [2.75, 3.05) is 21.3 Å². The van der Waals surface area contributed by atoms with Crippen molar-refractivity contribution in [1.82, 2.24) is 0 Å². The van der Waals surface area contributed by atoms with Crippen molar-refractivity contribution in [3.05, 3.63) is 39.3 Å². The van der Waals surface area contributed by atoms with Gasteiger partial charge in [0.05, 0.1) is 31.5 Å². The Morgan fingerprint density at radius 1 is 1.04 bits per heavy atom. The molecule has 122 valence electrons. The minimum Gasteiger partial charge on any atom is -0.506 e. The normalized spacial score (nSPS) is 10.8. The van der Waals surface area contributed by atoms with Crippen LogP contribution in [0.5, 0.6) is 23.0 Å². The number of phenols is 1. The van der Waals surface area contributed by atoms with Crippen molar-refractivity contribution in [2.24, 2.45) is 4.99 Å². The Kier molecular flexibility index (Phi) is 5.74. The van der Waals surface area contributed by atoms with Crippen molar-refractivity contribution < 1.29 is 19.3 Å². The summed E-state index contributed by atoms with van der Waals surface area (Å²) in [6.07, 6.45) is 1.51. The summed E-state index contributed by atoms with van der Waals surface area (Å²) >= 11 is 9.21. The van der Waals surface area contributed by atoms with E-state index in [2.05, 4.69) is 20.9 Å². The maximum atomic E-state index is 10.0. The lowest BCUT2D eigenvalue weighted by atomic mass is 10.2. The zero-order chi connectivity index (χ0) is 17.0. The SMILES string of the molecule is COc1cc(/N=C/c2cc(Cl)cc(Br)c2O)cc(OC)c1OC.